The number of ether oxygens (including phenoxy) is 3. The number of carbonyl (C=O) groups excluding carboxylic acids is 3. The number of amides is 2. The highest BCUT2D eigenvalue weighted by molar-refractivity contribution is 6.53. The Morgan fingerprint density at radius 1 is 1.23 bits per heavy atom. The zero-order valence-electron chi connectivity index (χ0n) is 13.7. The average Bonchev–Trinajstić information content (AvgIpc) is 3.16. The van der Waals surface area contributed by atoms with Crippen molar-refractivity contribution >= 4 is 41.0 Å². The summed E-state index contributed by atoms with van der Waals surface area (Å²) in [6, 6.07) is 6.91. The molecule has 2 amide bonds. The fourth-order valence-corrected chi connectivity index (χ4v) is 3.00. The van der Waals surface area contributed by atoms with Gasteiger partial charge in [-0.05, 0) is 19.1 Å². The molecule has 10 heteroatoms. The van der Waals surface area contributed by atoms with E-state index in [1.807, 2.05) is 0 Å². The van der Waals surface area contributed by atoms with Crippen LogP contribution in [0.5, 0.6) is 11.5 Å². The molecular formula is C16H16Cl2N2O6. The number of nitrogens with one attached hydrogen (secondary N) is 2. The number of hydrogen-bond acceptors (Lipinski definition) is 6. The van der Waals surface area contributed by atoms with Gasteiger partial charge in [0, 0.05) is 6.42 Å². The zero-order valence-corrected chi connectivity index (χ0v) is 15.2. The molecule has 0 spiro atoms. The number of hydrazine groups is 1. The molecule has 3 rings (SSSR count). The van der Waals surface area contributed by atoms with E-state index in [1.54, 1.807) is 31.2 Å². The minimum atomic E-state index is -1.18. The topological polar surface area (TPSA) is 103 Å². The van der Waals surface area contributed by atoms with Crippen LogP contribution in [0, 0.1) is 5.41 Å². The molecule has 0 saturated heterocycles. The summed E-state index contributed by atoms with van der Waals surface area (Å²) in [5, 5.41) is 0. The van der Waals surface area contributed by atoms with E-state index in [9.17, 15) is 14.4 Å². The molecule has 0 bridgehead atoms. The second-order valence-electron chi connectivity index (χ2n) is 6.19. The van der Waals surface area contributed by atoms with Gasteiger partial charge in [0.1, 0.15) is 16.4 Å². The number of alkyl halides is 2. The molecule has 2 N–H and O–H groups in total. The van der Waals surface area contributed by atoms with E-state index in [4.69, 9.17) is 37.4 Å². The van der Waals surface area contributed by atoms with Gasteiger partial charge in [-0.2, -0.15) is 0 Å². The Kier molecular flexibility index (Phi) is 4.90. The summed E-state index contributed by atoms with van der Waals surface area (Å²) in [6.45, 7) is 0.969. The Bertz CT molecular complexity index is 756. The van der Waals surface area contributed by atoms with Gasteiger partial charge < -0.3 is 14.2 Å². The smallest absolute Gasteiger partial charge is 0.315 e. The lowest BCUT2D eigenvalue weighted by Gasteiger charge is -2.25. The molecule has 26 heavy (non-hydrogen) atoms. The van der Waals surface area contributed by atoms with Crippen LogP contribution in [0.15, 0.2) is 24.3 Å². The van der Waals surface area contributed by atoms with Crippen molar-refractivity contribution in [3.8, 4) is 11.5 Å². The third-order valence-electron chi connectivity index (χ3n) is 4.17. The van der Waals surface area contributed by atoms with Crippen LogP contribution in [0.2, 0.25) is 0 Å². The Labute approximate surface area is 159 Å². The lowest BCUT2D eigenvalue weighted by Crippen LogP contribution is -2.51. The van der Waals surface area contributed by atoms with Crippen molar-refractivity contribution in [3.63, 3.8) is 0 Å². The maximum absolute atomic E-state index is 12.0. The average molecular weight is 403 g/mol. The van der Waals surface area contributed by atoms with Crippen LogP contribution < -0.4 is 20.3 Å². The molecule has 1 heterocycles. The standard InChI is InChI=1S/C16H16Cl2N2O6/c1-15(8-16(15,17)18)14(23)25-7-12(21)19-20-13(22)11-6-24-9-4-2-3-5-10(9)26-11/h2-5,11H,6-8H2,1H3,(H,19,21)(H,20,22)/t11-,15-/m1/s1. The summed E-state index contributed by atoms with van der Waals surface area (Å²) in [5.74, 6) is -1.03. The van der Waals surface area contributed by atoms with Crippen LogP contribution >= 0.6 is 23.2 Å². The van der Waals surface area contributed by atoms with E-state index >= 15 is 0 Å². The molecule has 1 aromatic rings. The van der Waals surface area contributed by atoms with Gasteiger partial charge in [0.15, 0.2) is 18.1 Å². The van der Waals surface area contributed by atoms with Gasteiger partial charge >= 0.3 is 5.97 Å². The molecule has 1 aliphatic carbocycles. The lowest BCUT2D eigenvalue weighted by molar-refractivity contribution is -0.154. The molecule has 0 unspecified atom stereocenters. The normalized spacial score (nSPS) is 25.0. The maximum atomic E-state index is 12.0. The van der Waals surface area contributed by atoms with E-state index in [-0.39, 0.29) is 13.0 Å². The number of rotatable bonds is 4. The first-order valence-corrected chi connectivity index (χ1v) is 8.51. The van der Waals surface area contributed by atoms with Crippen LogP contribution in [-0.2, 0) is 19.1 Å². The molecule has 1 saturated carbocycles. The van der Waals surface area contributed by atoms with Crippen molar-refractivity contribution in [2.24, 2.45) is 5.41 Å². The van der Waals surface area contributed by atoms with Crippen LogP contribution in [0.25, 0.3) is 0 Å². The van der Waals surface area contributed by atoms with Gasteiger partial charge in [-0.25, -0.2) is 0 Å². The van der Waals surface area contributed by atoms with Crippen LogP contribution in [0.1, 0.15) is 13.3 Å². The number of fused-ring (bicyclic) bond motifs is 1. The molecule has 0 aromatic heterocycles. The third kappa shape index (κ3) is 3.66. The Morgan fingerprint density at radius 3 is 2.54 bits per heavy atom. The summed E-state index contributed by atoms with van der Waals surface area (Å²) in [5.41, 5.74) is 3.30. The van der Waals surface area contributed by atoms with Crippen molar-refractivity contribution in [2.45, 2.75) is 23.8 Å². The molecule has 8 nitrogen and oxygen atoms in total. The van der Waals surface area contributed by atoms with Crippen molar-refractivity contribution < 1.29 is 28.6 Å². The van der Waals surface area contributed by atoms with Gasteiger partial charge in [0.05, 0.1) is 0 Å². The molecular weight excluding hydrogens is 387 g/mol. The maximum Gasteiger partial charge on any atom is 0.315 e. The molecule has 1 aliphatic heterocycles. The van der Waals surface area contributed by atoms with Crippen molar-refractivity contribution in [1.29, 1.82) is 0 Å². The van der Waals surface area contributed by atoms with Gasteiger partial charge in [0.2, 0.25) is 6.10 Å². The van der Waals surface area contributed by atoms with Gasteiger partial charge in [-0.1, -0.05) is 12.1 Å². The second-order valence-corrected chi connectivity index (χ2v) is 7.68. The first-order chi connectivity index (χ1) is 12.2. The van der Waals surface area contributed by atoms with Gasteiger partial charge in [0.25, 0.3) is 11.8 Å². The van der Waals surface area contributed by atoms with E-state index in [0.29, 0.717) is 11.5 Å². The van der Waals surface area contributed by atoms with E-state index in [1.165, 1.54) is 0 Å². The van der Waals surface area contributed by atoms with Crippen molar-refractivity contribution in [3.05, 3.63) is 24.3 Å². The van der Waals surface area contributed by atoms with Gasteiger partial charge in [-0.15, -0.1) is 23.2 Å². The number of hydrogen-bond donors (Lipinski definition) is 2. The van der Waals surface area contributed by atoms with Crippen LogP contribution in [0.3, 0.4) is 0 Å². The summed E-state index contributed by atoms with van der Waals surface area (Å²) < 4.78 is 14.6. The predicted octanol–water partition coefficient (Wildman–Crippen LogP) is 1.10. The Morgan fingerprint density at radius 2 is 1.88 bits per heavy atom. The van der Waals surface area contributed by atoms with Crippen LogP contribution in [-0.4, -0.2) is 41.4 Å². The fourth-order valence-electron chi connectivity index (χ4n) is 2.31. The molecule has 2 atom stereocenters. The monoisotopic (exact) mass is 402 g/mol. The minimum absolute atomic E-state index is 0.000412. The molecule has 140 valence electrons. The fraction of sp³-hybridized carbons (Fsp3) is 0.438. The van der Waals surface area contributed by atoms with E-state index in [0.717, 1.165) is 0 Å². The zero-order chi connectivity index (χ0) is 18.9. The molecule has 1 aromatic carbocycles. The summed E-state index contributed by atoms with van der Waals surface area (Å²) in [6.07, 6.45) is -0.674. The van der Waals surface area contributed by atoms with E-state index < -0.39 is 40.2 Å². The summed E-state index contributed by atoms with van der Waals surface area (Å²) in [7, 11) is 0. The Balaban J connectivity index is 1.41. The summed E-state index contributed by atoms with van der Waals surface area (Å²) in [4.78, 5) is 35.6. The van der Waals surface area contributed by atoms with Crippen molar-refractivity contribution in [2.75, 3.05) is 13.2 Å². The third-order valence-corrected chi connectivity index (χ3v) is 5.27. The predicted molar refractivity (Wildman–Crippen MR) is 90.8 cm³/mol. The quantitative estimate of drug-likeness (QED) is 0.444. The molecule has 1 fully saturated rings. The summed E-state index contributed by atoms with van der Waals surface area (Å²) >= 11 is 11.7. The number of esters is 1. The minimum Gasteiger partial charge on any atom is -0.485 e. The highest BCUT2D eigenvalue weighted by Gasteiger charge is 2.69. The number of benzene rings is 1. The SMILES string of the molecule is C[C@]1(C(=O)OCC(=O)NNC(=O)[C@H]2COc3ccccc3O2)CC1(Cl)Cl. The number of carbonyl (C=O) groups is 3. The van der Waals surface area contributed by atoms with Crippen molar-refractivity contribution in [1.82, 2.24) is 10.9 Å². The highest BCUT2D eigenvalue weighted by Crippen LogP contribution is 2.64. The van der Waals surface area contributed by atoms with Gasteiger partial charge in [-0.3, -0.25) is 25.2 Å². The van der Waals surface area contributed by atoms with Crippen LogP contribution in [0.4, 0.5) is 0 Å². The molecule has 2 aliphatic rings. The highest BCUT2D eigenvalue weighted by atomic mass is 35.5. The first-order valence-electron chi connectivity index (χ1n) is 7.75. The Hall–Kier alpha value is -2.19. The number of para-hydroxylation sites is 2. The van der Waals surface area contributed by atoms with E-state index in [2.05, 4.69) is 10.9 Å². The molecule has 0 radical (unpaired) electrons. The second kappa shape index (κ2) is 6.85. The first kappa shape index (κ1) is 18.6. The largest absolute Gasteiger partial charge is 0.485 e. The number of halogens is 2. The lowest BCUT2D eigenvalue weighted by atomic mass is 10.1.